The van der Waals surface area contributed by atoms with Crippen molar-refractivity contribution < 1.29 is 9.90 Å². The average molecular weight is 315 g/mol. The second-order valence-corrected chi connectivity index (χ2v) is 5.95. The first-order chi connectivity index (χ1) is 11.1. The van der Waals surface area contributed by atoms with Crippen LogP contribution in [-0.2, 0) is 17.9 Å². The van der Waals surface area contributed by atoms with Gasteiger partial charge in [0.15, 0.2) is 0 Å². The highest BCUT2D eigenvalue weighted by molar-refractivity contribution is 5.66. The molecule has 122 valence electrons. The fourth-order valence-corrected chi connectivity index (χ4v) is 3.09. The number of nitrogens with zero attached hydrogens (tertiary/aromatic N) is 4. The van der Waals surface area contributed by atoms with Gasteiger partial charge in [-0.2, -0.15) is 5.10 Å². The normalized spacial score (nSPS) is 18.9. The lowest BCUT2D eigenvalue weighted by molar-refractivity contribution is -0.137. The van der Waals surface area contributed by atoms with Gasteiger partial charge in [0.2, 0.25) is 0 Å². The van der Waals surface area contributed by atoms with Gasteiger partial charge in [-0.15, -0.1) is 0 Å². The molecule has 3 N–H and O–H groups in total. The van der Waals surface area contributed by atoms with Crippen LogP contribution in [-0.4, -0.2) is 43.8 Å². The summed E-state index contributed by atoms with van der Waals surface area (Å²) in [6, 6.07) is 5.84. The Kier molecular flexibility index (Phi) is 4.57. The molecule has 0 aliphatic carbocycles. The summed E-state index contributed by atoms with van der Waals surface area (Å²) >= 11 is 0. The van der Waals surface area contributed by atoms with Crippen molar-refractivity contribution in [1.29, 1.82) is 0 Å². The van der Waals surface area contributed by atoms with Crippen LogP contribution in [0.4, 0.5) is 5.82 Å². The standard InChI is InChI=1S/C16H21N5O2/c17-16-13(3-1-6-18-16)10-20-7-2-4-12(9-20)14-5-8-21(19-14)11-15(22)23/h1,3,5-6,8,12H,2,4,7,9-11H2,(H2,17,18)(H,22,23). The number of nitrogens with two attached hydrogens (primary N) is 1. The molecule has 1 aliphatic rings. The minimum absolute atomic E-state index is 0.0946. The van der Waals surface area contributed by atoms with Crippen molar-refractivity contribution in [1.82, 2.24) is 19.7 Å². The highest BCUT2D eigenvalue weighted by Crippen LogP contribution is 2.27. The van der Waals surface area contributed by atoms with Crippen molar-refractivity contribution in [2.24, 2.45) is 0 Å². The van der Waals surface area contributed by atoms with Gasteiger partial charge in [-0.05, 0) is 31.5 Å². The number of rotatable bonds is 5. The molecule has 7 nitrogen and oxygen atoms in total. The molecular weight excluding hydrogens is 294 g/mol. The second kappa shape index (κ2) is 6.78. The molecule has 23 heavy (non-hydrogen) atoms. The zero-order chi connectivity index (χ0) is 16.2. The van der Waals surface area contributed by atoms with E-state index in [2.05, 4.69) is 15.0 Å². The summed E-state index contributed by atoms with van der Waals surface area (Å²) in [5, 5.41) is 13.2. The minimum atomic E-state index is -0.878. The van der Waals surface area contributed by atoms with Crippen LogP contribution in [0.5, 0.6) is 0 Å². The van der Waals surface area contributed by atoms with Gasteiger partial charge >= 0.3 is 5.97 Å². The summed E-state index contributed by atoms with van der Waals surface area (Å²) in [5.74, 6) is 0.0361. The average Bonchev–Trinajstić information content (AvgIpc) is 2.98. The van der Waals surface area contributed by atoms with E-state index < -0.39 is 5.97 Å². The van der Waals surface area contributed by atoms with Crippen molar-refractivity contribution >= 4 is 11.8 Å². The number of nitrogen functional groups attached to an aromatic ring is 1. The van der Waals surface area contributed by atoms with Gasteiger partial charge in [0.05, 0.1) is 5.69 Å². The molecule has 1 aliphatic heterocycles. The van der Waals surface area contributed by atoms with Crippen LogP contribution in [0.25, 0.3) is 0 Å². The molecule has 2 aromatic rings. The van der Waals surface area contributed by atoms with Gasteiger partial charge in [-0.1, -0.05) is 6.07 Å². The van der Waals surface area contributed by atoms with Crippen LogP contribution in [0, 0.1) is 0 Å². The molecule has 1 unspecified atom stereocenters. The predicted molar refractivity (Wildman–Crippen MR) is 85.8 cm³/mol. The molecule has 3 heterocycles. The maximum Gasteiger partial charge on any atom is 0.325 e. The van der Waals surface area contributed by atoms with Gasteiger partial charge < -0.3 is 10.8 Å². The van der Waals surface area contributed by atoms with Crippen LogP contribution in [0.15, 0.2) is 30.6 Å². The van der Waals surface area contributed by atoms with Crippen LogP contribution < -0.4 is 5.73 Å². The lowest BCUT2D eigenvalue weighted by atomic mass is 9.94. The predicted octanol–water partition coefficient (Wildman–Crippen LogP) is 1.32. The lowest BCUT2D eigenvalue weighted by Gasteiger charge is -2.32. The van der Waals surface area contributed by atoms with Gasteiger partial charge in [0, 0.05) is 37.0 Å². The zero-order valence-electron chi connectivity index (χ0n) is 12.9. The van der Waals surface area contributed by atoms with E-state index in [9.17, 15) is 4.79 Å². The highest BCUT2D eigenvalue weighted by Gasteiger charge is 2.23. The third-order valence-electron chi connectivity index (χ3n) is 4.20. The van der Waals surface area contributed by atoms with Gasteiger partial charge in [0.25, 0.3) is 0 Å². The molecule has 0 saturated carbocycles. The first-order valence-corrected chi connectivity index (χ1v) is 7.78. The monoisotopic (exact) mass is 315 g/mol. The van der Waals surface area contributed by atoms with Gasteiger partial charge in [-0.25, -0.2) is 4.98 Å². The molecular formula is C16H21N5O2. The molecule has 0 aromatic carbocycles. The van der Waals surface area contributed by atoms with Crippen LogP contribution in [0.1, 0.15) is 30.0 Å². The van der Waals surface area contributed by atoms with E-state index in [-0.39, 0.29) is 6.54 Å². The Morgan fingerprint density at radius 3 is 3.09 bits per heavy atom. The van der Waals surface area contributed by atoms with Gasteiger partial charge in [-0.3, -0.25) is 14.4 Å². The van der Waals surface area contributed by atoms with E-state index in [0.717, 1.165) is 43.7 Å². The van der Waals surface area contributed by atoms with Crippen molar-refractivity contribution in [3.8, 4) is 0 Å². The summed E-state index contributed by atoms with van der Waals surface area (Å²) in [6.07, 6.45) is 5.61. The number of carboxylic acids is 1. The Labute approximate surface area is 134 Å². The number of hydrogen-bond acceptors (Lipinski definition) is 5. The molecule has 1 atom stereocenters. The SMILES string of the molecule is Nc1ncccc1CN1CCCC(c2ccn(CC(=O)O)n2)C1. The molecule has 2 aromatic heterocycles. The van der Waals surface area contributed by atoms with E-state index >= 15 is 0 Å². The Morgan fingerprint density at radius 1 is 1.43 bits per heavy atom. The first kappa shape index (κ1) is 15.5. The summed E-state index contributed by atoms with van der Waals surface area (Å²) in [6.45, 7) is 2.62. The highest BCUT2D eigenvalue weighted by atomic mass is 16.4. The Balaban J connectivity index is 1.65. The van der Waals surface area contributed by atoms with E-state index in [0.29, 0.717) is 11.7 Å². The molecule has 7 heteroatoms. The van der Waals surface area contributed by atoms with E-state index in [1.54, 1.807) is 12.4 Å². The maximum atomic E-state index is 10.8. The van der Waals surface area contributed by atoms with Crippen molar-refractivity contribution in [2.75, 3.05) is 18.8 Å². The van der Waals surface area contributed by atoms with Crippen molar-refractivity contribution in [3.63, 3.8) is 0 Å². The fraction of sp³-hybridized carbons (Fsp3) is 0.438. The van der Waals surface area contributed by atoms with E-state index in [4.69, 9.17) is 10.8 Å². The Morgan fingerprint density at radius 2 is 2.30 bits per heavy atom. The molecule has 0 radical (unpaired) electrons. The summed E-state index contributed by atoms with van der Waals surface area (Å²) in [4.78, 5) is 17.2. The van der Waals surface area contributed by atoms with Crippen LogP contribution in [0.2, 0.25) is 0 Å². The number of carboxylic acid groups (broad SMARTS) is 1. The van der Waals surface area contributed by atoms with Crippen molar-refractivity contribution in [3.05, 3.63) is 41.9 Å². The second-order valence-electron chi connectivity index (χ2n) is 5.95. The van der Waals surface area contributed by atoms with E-state index in [1.165, 1.54) is 4.68 Å². The molecule has 3 rings (SSSR count). The van der Waals surface area contributed by atoms with Gasteiger partial charge in [0.1, 0.15) is 12.4 Å². The Bertz CT molecular complexity index is 685. The molecule has 0 bridgehead atoms. The molecule has 1 saturated heterocycles. The molecule has 0 spiro atoms. The third kappa shape index (κ3) is 3.87. The number of anilines is 1. The zero-order valence-corrected chi connectivity index (χ0v) is 12.9. The lowest BCUT2D eigenvalue weighted by Crippen LogP contribution is -2.34. The third-order valence-corrected chi connectivity index (χ3v) is 4.20. The largest absolute Gasteiger partial charge is 0.480 e. The number of likely N-dealkylation sites (tertiary alicyclic amines) is 1. The first-order valence-electron chi connectivity index (χ1n) is 7.78. The van der Waals surface area contributed by atoms with Crippen LogP contribution >= 0.6 is 0 Å². The minimum Gasteiger partial charge on any atom is -0.480 e. The number of carbonyl (C=O) groups is 1. The topological polar surface area (TPSA) is 97.3 Å². The number of pyridine rings is 1. The number of hydrogen-bond donors (Lipinski definition) is 2. The molecule has 0 amide bonds. The summed E-state index contributed by atoms with van der Waals surface area (Å²) in [5.41, 5.74) is 7.94. The number of piperidine rings is 1. The fourth-order valence-electron chi connectivity index (χ4n) is 3.09. The number of aromatic nitrogens is 3. The summed E-state index contributed by atoms with van der Waals surface area (Å²) in [7, 11) is 0. The number of aliphatic carboxylic acids is 1. The summed E-state index contributed by atoms with van der Waals surface area (Å²) < 4.78 is 1.48. The Hall–Kier alpha value is -2.41. The smallest absolute Gasteiger partial charge is 0.325 e. The molecule has 1 fully saturated rings. The maximum absolute atomic E-state index is 10.8. The van der Waals surface area contributed by atoms with E-state index in [1.807, 2.05) is 18.2 Å². The van der Waals surface area contributed by atoms with Crippen LogP contribution in [0.3, 0.4) is 0 Å². The quantitative estimate of drug-likeness (QED) is 0.864. The van der Waals surface area contributed by atoms with Crippen molar-refractivity contribution in [2.45, 2.75) is 31.8 Å².